The molecule has 0 amide bonds. The van der Waals surface area contributed by atoms with Crippen LogP contribution in [-0.4, -0.2) is 143 Å². The number of nitrogens with one attached hydrogen (secondary N) is 6. The summed E-state index contributed by atoms with van der Waals surface area (Å²) in [6, 6.07) is 47.0. The zero-order chi connectivity index (χ0) is 80.6. The van der Waals surface area contributed by atoms with E-state index in [2.05, 4.69) is 102 Å². The average Bonchev–Trinajstić information content (AvgIpc) is 1.18. The summed E-state index contributed by atoms with van der Waals surface area (Å²) in [5.74, 6) is 7.73. The lowest BCUT2D eigenvalue weighted by molar-refractivity contribution is 0.120. The summed E-state index contributed by atoms with van der Waals surface area (Å²) in [4.78, 5) is 64.8. The van der Waals surface area contributed by atoms with Gasteiger partial charge in [0.25, 0.3) is 41.5 Å². The van der Waals surface area contributed by atoms with Gasteiger partial charge in [-0.25, -0.2) is 15.6 Å². The molecule has 0 aliphatic heterocycles. The number of aromatic nitrogens is 12. The van der Waals surface area contributed by atoms with Crippen molar-refractivity contribution in [2.75, 3.05) is 66.5 Å². The summed E-state index contributed by atoms with van der Waals surface area (Å²) < 4.78 is 80.3. The highest BCUT2D eigenvalue weighted by molar-refractivity contribution is 7.85. The summed E-state index contributed by atoms with van der Waals surface area (Å²) in [5.41, 5.74) is 5.38. The number of rotatable bonds is 15. The number of hydrogen-bond acceptors (Lipinski definition) is 29. The first kappa shape index (κ1) is 95.6. The molecule has 0 radical (unpaired) electrons. The molecule has 35 nitrogen and oxygen atoms in total. The summed E-state index contributed by atoms with van der Waals surface area (Å²) in [7, 11) is -5.83. The number of aromatic amines is 1. The Balaban J connectivity index is 0.00000123. The zero-order valence-corrected chi connectivity index (χ0v) is 65.7. The van der Waals surface area contributed by atoms with Crippen molar-refractivity contribution in [3.8, 4) is 11.6 Å². The molecule has 0 fully saturated rings. The summed E-state index contributed by atoms with van der Waals surface area (Å²) in [5, 5.41) is 44.4. The number of pyridine rings is 1. The topological polar surface area (TPSA) is 504 Å². The molecule has 41 heteroatoms. The molecule has 0 aliphatic carbocycles. The molecule has 0 spiro atoms. The van der Waals surface area contributed by atoms with Crippen LogP contribution in [0, 0.1) is 20.8 Å². The minimum atomic E-state index is -3.67. The second-order valence-corrected chi connectivity index (χ2v) is 24.6. The number of aryl methyl sites for hydroxylation is 2. The van der Waals surface area contributed by atoms with E-state index in [-0.39, 0.29) is 39.6 Å². The van der Waals surface area contributed by atoms with Crippen LogP contribution in [0.3, 0.4) is 0 Å². The number of hydrogen-bond donors (Lipinski definition) is 11. The Labute approximate surface area is 631 Å². The lowest BCUT2D eigenvalue weighted by Gasteiger charge is -2.14. The summed E-state index contributed by atoms with van der Waals surface area (Å²) in [6.45, 7) is 19.3. The van der Waals surface area contributed by atoms with E-state index < -0.39 is 35.9 Å². The van der Waals surface area contributed by atoms with Gasteiger partial charge in [-0.2, -0.15) is 75.4 Å². The van der Waals surface area contributed by atoms with E-state index >= 15 is 0 Å². The van der Waals surface area contributed by atoms with Crippen molar-refractivity contribution in [3.05, 3.63) is 211 Å². The average molecular weight is 1590 g/mol. The first-order chi connectivity index (χ1) is 50.1. The molecule has 576 valence electrons. The minimum absolute atomic E-state index is 0.0220. The highest BCUT2D eigenvalue weighted by atomic mass is 35.5. The molecule has 0 aliphatic rings. The Kier molecular flexibility index (Phi) is 46.6. The smallest absolute Gasteiger partial charge is 0.299 e. The monoisotopic (exact) mass is 1590 g/mol. The molecular weight excluding hydrogens is 1500 g/mol. The SMILES string of the molecule is CC.CC.CC.CCn1c(O)c(CON)c(C)c(N=Nc2ccccc2)c1=O.CNc1nc(C)nc(Cl)n1.CNc1nc(Cl)nc(Nc2ccccc2)n1.CNc1nc(Cl)nc(Nc2ccccc2)n1.CS(=O)(=O)O.CS(=O)(=O)O.CS(=O)(=O)O.Cc1[nH]n(-c2ccccc2)c(=O)c1N=Nc1ccccc1. The van der Waals surface area contributed by atoms with Crippen molar-refractivity contribution in [3.63, 3.8) is 0 Å². The van der Waals surface area contributed by atoms with Gasteiger partial charge in [-0.3, -0.25) is 37.8 Å². The highest BCUT2D eigenvalue weighted by Crippen LogP contribution is 2.28. The molecule has 5 aromatic heterocycles. The van der Waals surface area contributed by atoms with E-state index in [1.165, 1.54) is 9.25 Å². The molecular formula is C65H89Cl3N22O13S3. The van der Waals surface area contributed by atoms with Crippen molar-refractivity contribution in [1.29, 1.82) is 0 Å². The first-order valence-electron chi connectivity index (χ1n) is 31.4. The largest absolute Gasteiger partial charge is 0.494 e. The Hall–Kier alpha value is -10.4. The van der Waals surface area contributed by atoms with Gasteiger partial charge in [0.15, 0.2) is 17.3 Å². The Morgan fingerprint density at radius 3 is 1.14 bits per heavy atom. The van der Waals surface area contributed by atoms with E-state index in [9.17, 15) is 39.9 Å². The number of azo groups is 2. The normalized spacial score (nSPS) is 10.2. The maximum atomic E-state index is 12.4. The Morgan fingerprint density at radius 2 is 0.802 bits per heavy atom. The lowest BCUT2D eigenvalue weighted by atomic mass is 10.1. The number of benzene rings is 5. The van der Waals surface area contributed by atoms with Gasteiger partial charge < -0.3 is 31.7 Å². The van der Waals surface area contributed by atoms with Crippen LogP contribution in [0.5, 0.6) is 5.88 Å². The molecule has 0 bridgehead atoms. The fraction of sp³-hybridized carbons (Fsp3) is 0.277. The van der Waals surface area contributed by atoms with E-state index in [1.54, 1.807) is 61.0 Å². The number of nitrogens with zero attached hydrogens (tertiary/aromatic N) is 15. The Bertz CT molecular complexity index is 4520. The van der Waals surface area contributed by atoms with Gasteiger partial charge in [-0.1, -0.05) is 133 Å². The van der Waals surface area contributed by atoms with Crippen LogP contribution in [0.4, 0.5) is 63.9 Å². The predicted octanol–water partition coefficient (Wildman–Crippen LogP) is 13.7. The third-order valence-corrected chi connectivity index (χ3v) is 11.6. The minimum Gasteiger partial charge on any atom is -0.494 e. The molecule has 10 aromatic rings. The number of nitrogens with two attached hydrogens (primary N) is 1. The summed E-state index contributed by atoms with van der Waals surface area (Å²) >= 11 is 17.0. The van der Waals surface area contributed by atoms with E-state index in [0.717, 1.165) is 17.1 Å². The lowest BCUT2D eigenvalue weighted by Crippen LogP contribution is -2.22. The first-order valence-corrected chi connectivity index (χ1v) is 38.0. The number of halogens is 3. The molecule has 0 unspecified atom stereocenters. The second kappa shape index (κ2) is 51.7. The van der Waals surface area contributed by atoms with Crippen molar-refractivity contribution in [1.82, 2.24) is 59.2 Å². The summed E-state index contributed by atoms with van der Waals surface area (Å²) in [6.07, 6.45) is 2.15. The second-order valence-electron chi connectivity index (χ2n) is 19.2. The molecule has 106 heavy (non-hydrogen) atoms. The molecule has 10 rings (SSSR count). The van der Waals surface area contributed by atoms with Crippen molar-refractivity contribution in [2.45, 2.75) is 82.4 Å². The van der Waals surface area contributed by atoms with Gasteiger partial charge in [-0.15, -0.1) is 10.2 Å². The van der Waals surface area contributed by atoms with Crippen LogP contribution in [0.15, 0.2) is 182 Å². The highest BCUT2D eigenvalue weighted by Gasteiger charge is 2.19. The number of H-pyrrole nitrogens is 1. The van der Waals surface area contributed by atoms with Gasteiger partial charge in [0.1, 0.15) is 5.82 Å². The third-order valence-electron chi connectivity index (χ3n) is 11.1. The predicted molar refractivity (Wildman–Crippen MR) is 418 cm³/mol. The van der Waals surface area contributed by atoms with E-state index in [1.807, 2.05) is 181 Å². The van der Waals surface area contributed by atoms with Gasteiger partial charge in [0.2, 0.25) is 45.6 Å². The zero-order valence-electron chi connectivity index (χ0n) is 61.0. The van der Waals surface area contributed by atoms with Gasteiger partial charge in [0, 0.05) is 44.6 Å². The number of anilines is 7. The third kappa shape index (κ3) is 41.8. The van der Waals surface area contributed by atoms with Gasteiger partial charge in [-0.05, 0) is 129 Å². The van der Waals surface area contributed by atoms with Crippen molar-refractivity contribution in [2.24, 2.45) is 26.4 Å². The number of aromatic hydroxyl groups is 1. The fourth-order valence-electron chi connectivity index (χ4n) is 7.04. The van der Waals surface area contributed by atoms with Crippen LogP contribution < -0.4 is 43.6 Å². The molecule has 5 heterocycles. The Morgan fingerprint density at radius 1 is 0.481 bits per heavy atom. The molecule has 0 atom stereocenters. The van der Waals surface area contributed by atoms with Gasteiger partial charge in [0.05, 0.1) is 48.1 Å². The number of para-hydroxylation sites is 3. The van der Waals surface area contributed by atoms with Crippen LogP contribution in [0.1, 0.15) is 71.1 Å². The van der Waals surface area contributed by atoms with Crippen molar-refractivity contribution >= 4 is 129 Å². The molecule has 0 saturated heterocycles. The maximum Gasteiger partial charge on any atom is 0.299 e. The van der Waals surface area contributed by atoms with Crippen LogP contribution >= 0.6 is 34.8 Å². The van der Waals surface area contributed by atoms with Crippen LogP contribution in [-0.2, 0) is 48.3 Å². The fourth-order valence-corrected chi connectivity index (χ4v) is 7.56. The standard InChI is InChI=1S/C16H14N4O.C15H18N4O3.2C10H10ClN5.C5H7ClN4.3C2H6.3CH4O3S/c1-12-15(18-17-13-8-4-2-5-9-13)16(21)20(19-12)14-10-6-3-7-11-14;1-3-19-14(20)12(9-22-16)10(2)13(15(19)21)18-17-11-7-5-4-6-8-11;2*1-12-9-14-8(11)15-10(16-9)13-7-5-3-2-4-6-7;1-3-8-4(6)10-5(7-2)9-3;3*1-2;3*1-5(2,3)4/h2-11,19H,1H3;4-8,20H,3,9,16H2,1-2H3;2*2-6H,1H3,(H2,12,13,14,15,16);1-2H3,(H,7,8,9,10);3*1-2H3;3*1H3,(H,2,3,4). The van der Waals surface area contributed by atoms with Crippen molar-refractivity contribution < 1.29 is 48.9 Å². The van der Waals surface area contributed by atoms with Crippen LogP contribution in [0.25, 0.3) is 5.69 Å². The van der Waals surface area contributed by atoms with E-state index in [0.29, 0.717) is 94.8 Å². The maximum absolute atomic E-state index is 12.4. The molecule has 5 aromatic carbocycles. The quantitative estimate of drug-likeness (QED) is 0.0258. The van der Waals surface area contributed by atoms with E-state index in [4.69, 9.17) is 54.4 Å². The molecule has 0 saturated carbocycles. The van der Waals surface area contributed by atoms with Crippen LogP contribution in [0.2, 0.25) is 15.9 Å². The van der Waals surface area contributed by atoms with Gasteiger partial charge >= 0.3 is 0 Å². The molecule has 12 N–H and O–H groups in total.